The number of alkyl halides is 3. The van der Waals surface area contributed by atoms with Crippen molar-refractivity contribution in [2.45, 2.75) is 11.1 Å². The van der Waals surface area contributed by atoms with E-state index in [9.17, 15) is 26.4 Å². The van der Waals surface area contributed by atoms with Crippen LogP contribution in [0, 0.1) is 0 Å². The summed E-state index contributed by atoms with van der Waals surface area (Å²) in [5.41, 5.74) is -0.553. The average Bonchev–Trinajstić information content (AvgIpc) is 2.92. The molecule has 1 amide bonds. The van der Waals surface area contributed by atoms with Crippen LogP contribution < -0.4 is 13.9 Å². The van der Waals surface area contributed by atoms with Gasteiger partial charge < -0.3 is 14.5 Å². The second-order valence-corrected chi connectivity index (χ2v) is 10.8. The van der Waals surface area contributed by atoms with E-state index in [0.717, 1.165) is 23.6 Å². The van der Waals surface area contributed by atoms with Crippen molar-refractivity contribution in [3.05, 3.63) is 83.4 Å². The molecule has 1 aliphatic rings. The Balaban J connectivity index is 1.59. The number of sulfonamides is 1. The van der Waals surface area contributed by atoms with Crippen molar-refractivity contribution < 1.29 is 31.1 Å². The maximum Gasteiger partial charge on any atom is 0.416 e. The number of hydrogen-bond acceptors (Lipinski definition) is 5. The second-order valence-electron chi connectivity index (χ2n) is 8.55. The van der Waals surface area contributed by atoms with Crippen LogP contribution in [0.4, 0.5) is 24.5 Å². The standard InChI is InChI=1S/C26H25ClF3N3O4S/c1-37-21-10-8-20(9-11-21)31-13-15-32(16-14-31)25(34)18-33(38(35,36)22-5-3-2-4-6-22)24-17-19(26(28,29)30)7-12-23(24)27/h2-12,17H,13-16,18H2,1H3. The third kappa shape index (κ3) is 5.99. The quantitative estimate of drug-likeness (QED) is 0.406. The van der Waals surface area contributed by atoms with E-state index in [0.29, 0.717) is 36.6 Å². The molecular weight excluding hydrogens is 543 g/mol. The fourth-order valence-electron chi connectivity index (χ4n) is 4.13. The van der Waals surface area contributed by atoms with Gasteiger partial charge in [-0.1, -0.05) is 29.8 Å². The van der Waals surface area contributed by atoms with Crippen molar-refractivity contribution in [3.8, 4) is 5.75 Å². The third-order valence-electron chi connectivity index (χ3n) is 6.22. The van der Waals surface area contributed by atoms with Crippen molar-refractivity contribution in [2.24, 2.45) is 0 Å². The Bertz CT molecular complexity index is 1380. The van der Waals surface area contributed by atoms with Crippen LogP contribution in [-0.4, -0.2) is 59.1 Å². The van der Waals surface area contributed by atoms with Crippen LogP contribution in [0.1, 0.15) is 5.56 Å². The van der Waals surface area contributed by atoms with Crippen LogP contribution in [-0.2, 0) is 21.0 Å². The number of hydrogen-bond donors (Lipinski definition) is 0. The molecule has 0 bridgehead atoms. The third-order valence-corrected chi connectivity index (χ3v) is 8.32. The molecule has 0 unspecified atom stereocenters. The van der Waals surface area contributed by atoms with Gasteiger partial charge in [-0.15, -0.1) is 0 Å². The van der Waals surface area contributed by atoms with E-state index < -0.39 is 39.9 Å². The summed E-state index contributed by atoms with van der Waals surface area (Å²) >= 11 is 6.20. The predicted molar refractivity (Wildman–Crippen MR) is 139 cm³/mol. The van der Waals surface area contributed by atoms with Crippen LogP contribution in [0.25, 0.3) is 0 Å². The molecule has 0 aliphatic carbocycles. The number of methoxy groups -OCH3 is 1. The lowest BCUT2D eigenvalue weighted by Gasteiger charge is -2.37. The largest absolute Gasteiger partial charge is 0.497 e. The first-order chi connectivity index (χ1) is 18.0. The van der Waals surface area contributed by atoms with Crippen molar-refractivity contribution >= 4 is 38.9 Å². The first-order valence-electron chi connectivity index (χ1n) is 11.6. The molecule has 0 spiro atoms. The molecule has 202 valence electrons. The highest BCUT2D eigenvalue weighted by Crippen LogP contribution is 2.37. The first kappa shape index (κ1) is 27.6. The molecule has 0 aromatic heterocycles. The smallest absolute Gasteiger partial charge is 0.416 e. The first-order valence-corrected chi connectivity index (χ1v) is 13.4. The second kappa shape index (κ2) is 11.1. The molecule has 1 aliphatic heterocycles. The number of carbonyl (C=O) groups is 1. The molecule has 7 nitrogen and oxygen atoms in total. The molecule has 38 heavy (non-hydrogen) atoms. The molecule has 0 radical (unpaired) electrons. The monoisotopic (exact) mass is 567 g/mol. The van der Waals surface area contributed by atoms with Gasteiger partial charge in [0.2, 0.25) is 5.91 Å². The Morgan fingerprint density at radius 3 is 2.18 bits per heavy atom. The molecule has 4 rings (SSSR count). The lowest BCUT2D eigenvalue weighted by atomic mass is 10.2. The van der Waals surface area contributed by atoms with Gasteiger partial charge in [-0.05, 0) is 54.6 Å². The SMILES string of the molecule is COc1ccc(N2CCN(C(=O)CN(c3cc(C(F)(F)F)ccc3Cl)S(=O)(=O)c3ccccc3)CC2)cc1. The summed E-state index contributed by atoms with van der Waals surface area (Å²) in [5, 5.41) is -0.227. The zero-order valence-electron chi connectivity index (χ0n) is 20.4. The van der Waals surface area contributed by atoms with Crippen LogP contribution in [0.15, 0.2) is 77.7 Å². The number of halogens is 4. The van der Waals surface area contributed by atoms with Gasteiger partial charge >= 0.3 is 6.18 Å². The molecule has 12 heteroatoms. The summed E-state index contributed by atoms with van der Waals surface area (Å²) in [7, 11) is -2.84. The maximum atomic E-state index is 13.6. The van der Waals surface area contributed by atoms with Gasteiger partial charge in [0, 0.05) is 31.9 Å². The normalized spacial score (nSPS) is 14.3. The molecular formula is C26H25ClF3N3O4S. The summed E-state index contributed by atoms with van der Waals surface area (Å²) < 4.78 is 73.3. The van der Waals surface area contributed by atoms with Gasteiger partial charge in [0.05, 0.1) is 28.3 Å². The van der Waals surface area contributed by atoms with Crippen LogP contribution in [0.3, 0.4) is 0 Å². The van der Waals surface area contributed by atoms with Crippen molar-refractivity contribution in [1.29, 1.82) is 0 Å². The van der Waals surface area contributed by atoms with Crippen molar-refractivity contribution in [3.63, 3.8) is 0 Å². The number of nitrogens with zero attached hydrogens (tertiary/aromatic N) is 3. The Morgan fingerprint density at radius 1 is 0.974 bits per heavy atom. The number of benzene rings is 3. The molecule has 1 saturated heterocycles. The molecule has 1 heterocycles. The van der Waals surface area contributed by atoms with Crippen LogP contribution >= 0.6 is 11.6 Å². The highest BCUT2D eigenvalue weighted by Gasteiger charge is 2.35. The number of piperazine rings is 1. The van der Waals surface area contributed by atoms with Gasteiger partial charge in [0.25, 0.3) is 10.0 Å². The van der Waals surface area contributed by atoms with Crippen molar-refractivity contribution in [1.82, 2.24) is 4.90 Å². The number of anilines is 2. The average molecular weight is 568 g/mol. The highest BCUT2D eigenvalue weighted by atomic mass is 35.5. The summed E-state index contributed by atoms with van der Waals surface area (Å²) in [6, 6.07) is 17.1. The van der Waals surface area contributed by atoms with E-state index >= 15 is 0 Å². The summed E-state index contributed by atoms with van der Waals surface area (Å²) in [6.45, 7) is 0.892. The van der Waals surface area contributed by atoms with Gasteiger partial charge in [0.1, 0.15) is 12.3 Å². The Kier molecular flexibility index (Phi) is 8.08. The Morgan fingerprint density at radius 2 is 1.61 bits per heavy atom. The topological polar surface area (TPSA) is 70.2 Å². The van der Waals surface area contributed by atoms with Crippen LogP contribution in [0.2, 0.25) is 5.02 Å². The van der Waals surface area contributed by atoms with Gasteiger partial charge in [-0.3, -0.25) is 9.10 Å². The van der Waals surface area contributed by atoms with E-state index in [1.807, 2.05) is 24.3 Å². The fraction of sp³-hybridized carbons (Fsp3) is 0.269. The van der Waals surface area contributed by atoms with Gasteiger partial charge in [-0.25, -0.2) is 8.42 Å². The zero-order valence-corrected chi connectivity index (χ0v) is 21.9. The summed E-state index contributed by atoms with van der Waals surface area (Å²) in [5.74, 6) is 0.169. The van der Waals surface area contributed by atoms with Gasteiger partial charge in [0.15, 0.2) is 0 Å². The minimum Gasteiger partial charge on any atom is -0.497 e. The molecule has 1 fully saturated rings. The van der Waals surface area contributed by atoms with E-state index in [4.69, 9.17) is 16.3 Å². The van der Waals surface area contributed by atoms with E-state index in [1.165, 1.54) is 29.2 Å². The van der Waals surface area contributed by atoms with E-state index in [-0.39, 0.29) is 9.92 Å². The Labute approximate surface area is 224 Å². The molecule has 3 aromatic rings. The minimum atomic E-state index is -4.73. The van der Waals surface area contributed by atoms with Crippen LogP contribution in [0.5, 0.6) is 5.75 Å². The number of amides is 1. The van der Waals surface area contributed by atoms with Crippen molar-refractivity contribution in [2.75, 3.05) is 49.0 Å². The Hall–Kier alpha value is -3.44. The molecule has 0 atom stereocenters. The number of ether oxygens (including phenoxy) is 1. The number of carbonyl (C=O) groups excluding carboxylic acids is 1. The van der Waals surface area contributed by atoms with E-state index in [1.54, 1.807) is 13.2 Å². The minimum absolute atomic E-state index is 0.175. The summed E-state index contributed by atoms with van der Waals surface area (Å²) in [4.78, 5) is 16.7. The summed E-state index contributed by atoms with van der Waals surface area (Å²) in [6.07, 6.45) is -4.73. The number of rotatable bonds is 7. The molecule has 0 N–H and O–H groups in total. The zero-order chi connectivity index (χ0) is 27.5. The fourth-order valence-corrected chi connectivity index (χ4v) is 5.85. The highest BCUT2D eigenvalue weighted by molar-refractivity contribution is 7.92. The lowest BCUT2D eigenvalue weighted by Crippen LogP contribution is -2.52. The molecule has 0 saturated carbocycles. The lowest BCUT2D eigenvalue weighted by molar-refractivity contribution is -0.137. The predicted octanol–water partition coefficient (Wildman–Crippen LogP) is 4.91. The molecule has 3 aromatic carbocycles. The van der Waals surface area contributed by atoms with Gasteiger partial charge in [-0.2, -0.15) is 13.2 Å². The van der Waals surface area contributed by atoms with E-state index in [2.05, 4.69) is 4.90 Å². The maximum absolute atomic E-state index is 13.6.